The Labute approximate surface area is 395 Å². The van der Waals surface area contributed by atoms with Gasteiger partial charge >= 0.3 is 5.97 Å². The molecule has 9 rings (SSSR count). The molecule has 0 radical (unpaired) electrons. The van der Waals surface area contributed by atoms with E-state index in [1.807, 2.05) is 20.8 Å². The molecule has 68 heavy (non-hydrogen) atoms. The van der Waals surface area contributed by atoms with E-state index in [4.69, 9.17) is 61.6 Å². The first-order valence-corrected chi connectivity index (χ1v) is 24.2. The minimum Gasteiger partial charge on any atom is -0.469 e. The van der Waals surface area contributed by atoms with E-state index in [1.54, 1.807) is 27.2 Å². The number of hydrogen-bond acceptors (Lipinski definition) is 21. The lowest BCUT2D eigenvalue weighted by Gasteiger charge is -2.53. The van der Waals surface area contributed by atoms with Crippen LogP contribution in [0, 0.1) is 23.2 Å². The van der Waals surface area contributed by atoms with Gasteiger partial charge in [0.05, 0.1) is 86.2 Å². The molecule has 0 bridgehead atoms. The summed E-state index contributed by atoms with van der Waals surface area (Å²) in [7, 11) is 3.05. The molecule has 0 aromatic heterocycles. The molecule has 0 amide bonds. The Kier molecular flexibility index (Phi) is 15.1. The van der Waals surface area contributed by atoms with Gasteiger partial charge in [0.2, 0.25) is 5.79 Å². The van der Waals surface area contributed by atoms with Crippen molar-refractivity contribution >= 4 is 5.97 Å². The van der Waals surface area contributed by atoms with Gasteiger partial charge in [0.1, 0.15) is 48.8 Å². The molecular weight excluding hydrogens is 900 g/mol. The van der Waals surface area contributed by atoms with Crippen molar-refractivity contribution in [2.24, 2.45) is 23.2 Å². The zero-order valence-corrected chi connectivity index (χ0v) is 39.7. The summed E-state index contributed by atoms with van der Waals surface area (Å²) in [6.07, 6.45) is -13.5. The molecule has 0 spiro atoms. The predicted octanol–water partition coefficient (Wildman–Crippen LogP) is -0.201. The Hall–Kier alpha value is -1.97. The highest BCUT2D eigenvalue weighted by atomic mass is 16.8. The van der Waals surface area contributed by atoms with Gasteiger partial charge in [-0.3, -0.25) is 4.79 Å². The largest absolute Gasteiger partial charge is 0.469 e. The number of carbonyl (C=O) groups is 1. The smallest absolute Gasteiger partial charge is 0.310 e. The number of ether oxygens (including phenoxy) is 13. The molecule has 7 heterocycles. The Morgan fingerprint density at radius 2 is 1.32 bits per heavy atom. The van der Waals surface area contributed by atoms with Crippen molar-refractivity contribution in [2.75, 3.05) is 27.4 Å². The summed E-state index contributed by atoms with van der Waals surface area (Å²) in [4.78, 5) is 13.8. The van der Waals surface area contributed by atoms with Gasteiger partial charge in [-0.2, -0.15) is 0 Å². The normalized spacial score (nSPS) is 52.8. The third-order valence-corrected chi connectivity index (χ3v) is 16.3. The SMILES string of the molecule is CO[C@@H]1C[C@H](O[C@@H]2CC3=CC[C@H]4C(=O)O[C@@H]5CO[C@]6(C)OC=C(C[C@@H](O)[C@H]4[C@@]3(C)C[C@H]2O)[C@H]56)O[C@H](C)[C@H]1O[C@H]1C[C@@H](O)[C@H](O[C@H]2C[C@@H](OC)[C@H](O[C@H]3O[C@@H](CO)[C@H](O)[C@@H](O)[C@@H]3O)[C@@H](C)O2)[C@@H](C)O1. The van der Waals surface area contributed by atoms with Crippen LogP contribution in [0.1, 0.15) is 79.6 Å². The van der Waals surface area contributed by atoms with Crippen LogP contribution in [0.3, 0.4) is 0 Å². The number of hydrogen-bond donors (Lipinski definition) is 7. The fraction of sp³-hybridized carbons (Fsp3) is 0.894. The Bertz CT molecular complexity index is 1820. The minimum atomic E-state index is -1.61. The number of allylic oxidation sites excluding steroid dienone is 1. The topological polar surface area (TPSA) is 279 Å². The van der Waals surface area contributed by atoms with E-state index in [0.29, 0.717) is 19.3 Å². The van der Waals surface area contributed by atoms with Crippen molar-refractivity contribution in [3.8, 4) is 0 Å². The Balaban J connectivity index is 0.776. The van der Waals surface area contributed by atoms with Crippen LogP contribution >= 0.6 is 0 Å². The van der Waals surface area contributed by atoms with E-state index in [1.165, 1.54) is 7.11 Å². The maximum absolute atomic E-state index is 13.8. The van der Waals surface area contributed by atoms with Gasteiger partial charge < -0.3 is 97.3 Å². The van der Waals surface area contributed by atoms with E-state index >= 15 is 0 Å². The quantitative estimate of drug-likeness (QED) is 0.104. The van der Waals surface area contributed by atoms with Crippen LogP contribution in [-0.4, -0.2) is 204 Å². The summed E-state index contributed by atoms with van der Waals surface area (Å²) in [5.74, 6) is -2.73. The second-order valence-electron chi connectivity index (χ2n) is 20.7. The van der Waals surface area contributed by atoms with Gasteiger partial charge in [0.15, 0.2) is 25.2 Å². The van der Waals surface area contributed by atoms with Crippen LogP contribution in [0.4, 0.5) is 0 Å². The maximum Gasteiger partial charge on any atom is 0.310 e. The van der Waals surface area contributed by atoms with Gasteiger partial charge in [0.25, 0.3) is 0 Å². The van der Waals surface area contributed by atoms with Crippen molar-refractivity contribution in [2.45, 2.75) is 214 Å². The van der Waals surface area contributed by atoms with Crippen LogP contribution in [-0.2, 0) is 66.4 Å². The second kappa shape index (κ2) is 20.1. The first-order chi connectivity index (χ1) is 32.4. The molecule has 21 nitrogen and oxygen atoms in total. The molecule has 1 saturated carbocycles. The van der Waals surface area contributed by atoms with Crippen molar-refractivity contribution in [1.29, 1.82) is 0 Å². The standard InChI is InChI=1S/C47H72O21/c1-19-41(66-35-14-30(57-7)43(21(3)62-35)68-45-40(54)39(53)38(52)31(16-48)65-45)26(50)12-33(60-19)67-42-20(2)61-34(13-29(42)56-6)63-28-11-23-8-9-24-37(46(23,4)15-27(28)51)25(49)10-22-17-58-47(5)36(22)32(18-59-47)64-44(24)55/h8,17,19-21,24-43,45,48-54H,9-16,18H2,1-7H3/t19-,20-,21-,24-,25-,26-,27-,28-,29-,30-,31+,32-,33+,34+,35+,36-,37+,38+,39-,40+,41-,42-,43-,45-,46+,47+/m1/s1. The third-order valence-electron chi connectivity index (χ3n) is 16.3. The summed E-state index contributed by atoms with van der Waals surface area (Å²) in [6.45, 7) is 8.78. The van der Waals surface area contributed by atoms with Crippen LogP contribution < -0.4 is 0 Å². The summed E-state index contributed by atoms with van der Waals surface area (Å²) in [5.41, 5.74) is 1.15. The first-order valence-electron chi connectivity index (χ1n) is 24.2. The Morgan fingerprint density at radius 3 is 1.97 bits per heavy atom. The number of methoxy groups -OCH3 is 2. The van der Waals surface area contributed by atoms with E-state index in [0.717, 1.165) is 11.1 Å². The number of aliphatic hydroxyl groups excluding tert-OH is 7. The fourth-order valence-electron chi connectivity index (χ4n) is 12.7. The monoisotopic (exact) mass is 972 g/mol. The molecule has 7 fully saturated rings. The number of fused-ring (bicyclic) bond motifs is 3. The number of carbonyl (C=O) groups excluding carboxylic acids is 1. The van der Waals surface area contributed by atoms with Gasteiger partial charge in [-0.15, -0.1) is 0 Å². The number of rotatable bonds is 11. The molecule has 0 aromatic rings. The highest BCUT2D eigenvalue weighted by Gasteiger charge is 2.61. The van der Waals surface area contributed by atoms with Crippen molar-refractivity contribution in [3.05, 3.63) is 23.5 Å². The van der Waals surface area contributed by atoms with Crippen LogP contribution in [0.25, 0.3) is 0 Å². The lowest BCUT2D eigenvalue weighted by Crippen LogP contribution is -2.62. The first kappa shape index (κ1) is 51.0. The van der Waals surface area contributed by atoms with Crippen molar-refractivity contribution in [3.63, 3.8) is 0 Å². The van der Waals surface area contributed by atoms with Crippen LogP contribution in [0.15, 0.2) is 23.5 Å². The van der Waals surface area contributed by atoms with Gasteiger partial charge in [-0.25, -0.2) is 0 Å². The molecule has 26 atom stereocenters. The number of esters is 1. The molecule has 7 aliphatic heterocycles. The summed E-state index contributed by atoms with van der Waals surface area (Å²) < 4.78 is 79.2. The van der Waals surface area contributed by atoms with Crippen molar-refractivity contribution < 1.29 is 102 Å². The van der Waals surface area contributed by atoms with Gasteiger partial charge in [0, 0.05) is 46.3 Å². The molecule has 2 aliphatic carbocycles. The van der Waals surface area contributed by atoms with Crippen LogP contribution in [0.2, 0.25) is 0 Å². The van der Waals surface area contributed by atoms with E-state index in [9.17, 15) is 40.5 Å². The molecule has 9 aliphatic rings. The highest BCUT2D eigenvalue weighted by molar-refractivity contribution is 5.74. The molecule has 0 unspecified atom stereocenters. The summed E-state index contributed by atoms with van der Waals surface area (Å²) in [6, 6.07) is 0. The zero-order chi connectivity index (χ0) is 48.6. The maximum atomic E-state index is 13.8. The van der Waals surface area contributed by atoms with Gasteiger partial charge in [-0.05, 0) is 57.4 Å². The average Bonchev–Trinajstić information content (AvgIpc) is 3.80. The third kappa shape index (κ3) is 9.45. The van der Waals surface area contributed by atoms with E-state index < -0.39 is 159 Å². The van der Waals surface area contributed by atoms with Crippen LogP contribution in [0.5, 0.6) is 0 Å². The lowest BCUT2D eigenvalue weighted by atomic mass is 9.54. The highest BCUT2D eigenvalue weighted by Crippen LogP contribution is 2.57. The molecule has 0 aromatic carbocycles. The lowest BCUT2D eigenvalue weighted by molar-refractivity contribution is -0.356. The molecule has 21 heteroatoms. The van der Waals surface area contributed by atoms with Crippen molar-refractivity contribution in [1.82, 2.24) is 0 Å². The molecular formula is C47H72O21. The predicted molar refractivity (Wildman–Crippen MR) is 228 cm³/mol. The molecule has 386 valence electrons. The summed E-state index contributed by atoms with van der Waals surface area (Å²) in [5, 5.41) is 75.7. The average molecular weight is 973 g/mol. The summed E-state index contributed by atoms with van der Waals surface area (Å²) >= 11 is 0. The molecule has 6 saturated heterocycles. The second-order valence-corrected chi connectivity index (χ2v) is 20.7. The minimum absolute atomic E-state index is 0.0597. The Morgan fingerprint density at radius 1 is 0.706 bits per heavy atom. The van der Waals surface area contributed by atoms with E-state index in [2.05, 4.69) is 6.08 Å². The van der Waals surface area contributed by atoms with Gasteiger partial charge in [-0.1, -0.05) is 18.6 Å². The fourth-order valence-corrected chi connectivity index (χ4v) is 12.7. The molecule has 7 N–H and O–H groups in total. The van der Waals surface area contributed by atoms with E-state index in [-0.39, 0.29) is 44.2 Å². The zero-order valence-electron chi connectivity index (χ0n) is 39.7. The number of aliphatic hydroxyl groups is 7.